The number of anilines is 1. The molecule has 35 heavy (non-hydrogen) atoms. The summed E-state index contributed by atoms with van der Waals surface area (Å²) in [7, 11) is 0. The van der Waals surface area contributed by atoms with Crippen LogP contribution in [0.15, 0.2) is 52.9 Å². The van der Waals surface area contributed by atoms with Gasteiger partial charge in [0.05, 0.1) is 17.8 Å². The Hall–Kier alpha value is -3.85. The number of benzene rings is 2. The molecule has 2 aromatic carbocycles. The van der Waals surface area contributed by atoms with E-state index in [2.05, 4.69) is 15.6 Å². The maximum Gasteiger partial charge on any atom is 0.253 e. The number of Topliss-reactive ketones (excluding diaryl/α,β-unsaturated/α-hetero) is 1. The molecule has 1 saturated heterocycles. The Morgan fingerprint density at radius 2 is 1.86 bits per heavy atom. The summed E-state index contributed by atoms with van der Waals surface area (Å²) < 4.78 is 24.3. The lowest BCUT2D eigenvalue weighted by atomic mass is 10.1. The number of amides is 2. The number of nitrogens with zero attached hydrogens (tertiary/aromatic N) is 1. The van der Waals surface area contributed by atoms with Crippen molar-refractivity contribution < 1.29 is 27.9 Å². The summed E-state index contributed by atoms with van der Waals surface area (Å²) in [4.78, 5) is 41.4. The second kappa shape index (κ2) is 11.1. The second-order valence-corrected chi connectivity index (χ2v) is 8.27. The van der Waals surface area contributed by atoms with Crippen LogP contribution in [0.1, 0.15) is 47.5 Å². The molecule has 1 aromatic heterocycles. The van der Waals surface area contributed by atoms with Crippen LogP contribution >= 0.6 is 0 Å². The van der Waals surface area contributed by atoms with Gasteiger partial charge in [0, 0.05) is 25.0 Å². The van der Waals surface area contributed by atoms with E-state index < -0.39 is 11.9 Å². The van der Waals surface area contributed by atoms with Crippen molar-refractivity contribution in [2.75, 3.05) is 11.9 Å². The second-order valence-electron chi connectivity index (χ2n) is 8.27. The SMILES string of the molecule is Cc1oc(-c2ccccc2NC(=O)[C@@H]2CCCO2)nc1CNC(=O)CCC(=O)c1ccc(F)cc1. The summed E-state index contributed by atoms with van der Waals surface area (Å²) in [6.45, 7) is 2.45. The smallest absolute Gasteiger partial charge is 0.253 e. The first-order valence-corrected chi connectivity index (χ1v) is 11.4. The van der Waals surface area contributed by atoms with Crippen LogP contribution in [0.2, 0.25) is 0 Å². The zero-order valence-corrected chi connectivity index (χ0v) is 19.3. The van der Waals surface area contributed by atoms with Gasteiger partial charge < -0.3 is 19.8 Å². The molecule has 8 nitrogen and oxygen atoms in total. The Kier molecular flexibility index (Phi) is 7.67. The summed E-state index contributed by atoms with van der Waals surface area (Å²) in [5, 5.41) is 5.63. The normalized spacial score (nSPS) is 15.1. The fourth-order valence-electron chi connectivity index (χ4n) is 3.76. The largest absolute Gasteiger partial charge is 0.441 e. The van der Waals surface area contributed by atoms with Gasteiger partial charge in [-0.1, -0.05) is 12.1 Å². The van der Waals surface area contributed by atoms with Gasteiger partial charge >= 0.3 is 0 Å². The molecule has 1 atom stereocenters. The molecule has 0 unspecified atom stereocenters. The highest BCUT2D eigenvalue weighted by molar-refractivity contribution is 5.98. The summed E-state index contributed by atoms with van der Waals surface area (Å²) >= 11 is 0. The number of oxazole rings is 1. The lowest BCUT2D eigenvalue weighted by Crippen LogP contribution is -2.27. The first-order valence-electron chi connectivity index (χ1n) is 11.4. The monoisotopic (exact) mass is 479 g/mol. The van der Waals surface area contributed by atoms with Crippen LogP contribution in [0, 0.1) is 12.7 Å². The van der Waals surface area contributed by atoms with Crippen molar-refractivity contribution in [2.45, 2.75) is 45.3 Å². The standard InChI is InChI=1S/C26H26FN3O5/c1-16-21(15-28-24(32)13-12-22(31)17-8-10-18(27)11-9-17)30-26(35-16)19-5-2-3-6-20(19)29-25(33)23-7-4-14-34-23/h2-3,5-6,8-11,23H,4,7,12-15H2,1H3,(H,28,32)(H,29,33)/t23-/m0/s1. The Labute approximate surface area is 201 Å². The summed E-state index contributed by atoms with van der Waals surface area (Å²) in [6.07, 6.45) is 1.09. The number of para-hydroxylation sites is 1. The molecule has 3 aromatic rings. The number of hydrogen-bond donors (Lipinski definition) is 2. The quantitative estimate of drug-likeness (QED) is 0.446. The third-order valence-electron chi connectivity index (χ3n) is 5.73. The van der Waals surface area contributed by atoms with Gasteiger partial charge in [-0.25, -0.2) is 9.37 Å². The Morgan fingerprint density at radius 3 is 2.60 bits per heavy atom. The number of aromatic nitrogens is 1. The average Bonchev–Trinajstić information content (AvgIpc) is 3.52. The molecule has 2 N–H and O–H groups in total. The Balaban J connectivity index is 1.35. The van der Waals surface area contributed by atoms with Crippen LogP contribution in [0.25, 0.3) is 11.5 Å². The molecule has 182 valence electrons. The van der Waals surface area contributed by atoms with Crippen LogP contribution < -0.4 is 10.6 Å². The molecule has 4 rings (SSSR count). The number of hydrogen-bond acceptors (Lipinski definition) is 6. The van der Waals surface area contributed by atoms with E-state index in [1.54, 1.807) is 25.1 Å². The van der Waals surface area contributed by atoms with E-state index in [1.165, 1.54) is 24.3 Å². The van der Waals surface area contributed by atoms with E-state index in [4.69, 9.17) is 9.15 Å². The topological polar surface area (TPSA) is 111 Å². The van der Waals surface area contributed by atoms with Crippen molar-refractivity contribution in [2.24, 2.45) is 0 Å². The number of ether oxygens (including phenoxy) is 1. The third kappa shape index (κ3) is 6.19. The number of rotatable bonds is 9. The zero-order chi connectivity index (χ0) is 24.8. The van der Waals surface area contributed by atoms with Crippen molar-refractivity contribution in [1.82, 2.24) is 10.3 Å². The van der Waals surface area contributed by atoms with Crippen LogP contribution in [-0.4, -0.2) is 35.3 Å². The van der Waals surface area contributed by atoms with Crippen molar-refractivity contribution >= 4 is 23.3 Å². The van der Waals surface area contributed by atoms with Crippen molar-refractivity contribution in [3.63, 3.8) is 0 Å². The molecule has 0 spiro atoms. The van der Waals surface area contributed by atoms with Crippen LogP contribution in [0.5, 0.6) is 0 Å². The summed E-state index contributed by atoms with van der Waals surface area (Å²) in [6, 6.07) is 12.4. The van der Waals surface area contributed by atoms with Crippen LogP contribution in [0.3, 0.4) is 0 Å². The van der Waals surface area contributed by atoms with E-state index in [-0.39, 0.29) is 37.0 Å². The molecular weight excluding hydrogens is 453 g/mol. The van der Waals surface area contributed by atoms with Gasteiger partial charge in [0.25, 0.3) is 5.91 Å². The minimum absolute atomic E-state index is 0.00192. The molecular formula is C26H26FN3O5. The molecule has 9 heteroatoms. The van der Waals surface area contributed by atoms with E-state index in [0.29, 0.717) is 47.2 Å². The minimum Gasteiger partial charge on any atom is -0.441 e. The number of halogens is 1. The van der Waals surface area contributed by atoms with Crippen LogP contribution in [-0.2, 0) is 20.9 Å². The average molecular weight is 480 g/mol. The fourth-order valence-corrected chi connectivity index (χ4v) is 3.76. The maximum absolute atomic E-state index is 13.0. The van der Waals surface area contributed by atoms with E-state index in [0.717, 1.165) is 6.42 Å². The summed E-state index contributed by atoms with van der Waals surface area (Å²) in [5.74, 6) is -0.324. The van der Waals surface area contributed by atoms with Crippen molar-refractivity contribution in [3.05, 3.63) is 71.4 Å². The lowest BCUT2D eigenvalue weighted by Gasteiger charge is -2.12. The lowest BCUT2D eigenvalue weighted by molar-refractivity contribution is -0.124. The van der Waals surface area contributed by atoms with E-state index >= 15 is 0 Å². The van der Waals surface area contributed by atoms with Gasteiger partial charge in [0.1, 0.15) is 23.4 Å². The highest BCUT2D eigenvalue weighted by atomic mass is 19.1. The van der Waals surface area contributed by atoms with Crippen molar-refractivity contribution in [3.8, 4) is 11.5 Å². The molecule has 2 amide bonds. The van der Waals surface area contributed by atoms with Gasteiger partial charge in [-0.2, -0.15) is 0 Å². The molecule has 1 fully saturated rings. The number of nitrogens with one attached hydrogen (secondary N) is 2. The Bertz CT molecular complexity index is 1220. The summed E-state index contributed by atoms with van der Waals surface area (Å²) in [5.41, 5.74) is 2.08. The van der Waals surface area contributed by atoms with E-state index in [1.807, 2.05) is 6.07 Å². The van der Waals surface area contributed by atoms with E-state index in [9.17, 15) is 18.8 Å². The molecule has 1 aliphatic rings. The molecule has 1 aliphatic heterocycles. The number of ketones is 1. The van der Waals surface area contributed by atoms with Crippen molar-refractivity contribution in [1.29, 1.82) is 0 Å². The van der Waals surface area contributed by atoms with Gasteiger partial charge in [-0.15, -0.1) is 0 Å². The molecule has 2 heterocycles. The Morgan fingerprint density at radius 1 is 1.09 bits per heavy atom. The predicted molar refractivity (Wildman–Crippen MR) is 126 cm³/mol. The highest BCUT2D eigenvalue weighted by Gasteiger charge is 2.25. The molecule has 0 aliphatic carbocycles. The van der Waals surface area contributed by atoms with Crippen LogP contribution in [0.4, 0.5) is 10.1 Å². The first kappa shape index (κ1) is 24.3. The maximum atomic E-state index is 13.0. The molecule has 0 bridgehead atoms. The van der Waals surface area contributed by atoms with Gasteiger partial charge in [0.2, 0.25) is 11.8 Å². The third-order valence-corrected chi connectivity index (χ3v) is 5.73. The highest BCUT2D eigenvalue weighted by Crippen LogP contribution is 2.29. The number of aryl methyl sites for hydroxylation is 1. The van der Waals surface area contributed by atoms with Gasteiger partial charge in [0.15, 0.2) is 5.78 Å². The van der Waals surface area contributed by atoms with Gasteiger partial charge in [-0.3, -0.25) is 14.4 Å². The first-order chi connectivity index (χ1) is 16.9. The molecule has 0 saturated carbocycles. The zero-order valence-electron chi connectivity index (χ0n) is 19.3. The predicted octanol–water partition coefficient (Wildman–Crippen LogP) is 4.19. The minimum atomic E-state index is -0.463. The number of carbonyl (C=O) groups is 3. The molecule has 0 radical (unpaired) electrons. The fraction of sp³-hybridized carbons (Fsp3) is 0.308. The van der Waals surface area contributed by atoms with Gasteiger partial charge in [-0.05, 0) is 56.2 Å². The number of carbonyl (C=O) groups excluding carboxylic acids is 3.